The fraction of sp³-hybridized carbons (Fsp3) is 0.188. The Morgan fingerprint density at radius 3 is 2.78 bits per heavy atom. The number of hydrogen-bond donors (Lipinski definition) is 1. The lowest BCUT2D eigenvalue weighted by molar-refractivity contribution is -0.131. The highest BCUT2D eigenvalue weighted by Gasteiger charge is 2.49. The van der Waals surface area contributed by atoms with Gasteiger partial charge in [0, 0.05) is 5.56 Å². The van der Waals surface area contributed by atoms with Gasteiger partial charge in [-0.15, -0.1) is 0 Å². The first-order chi connectivity index (χ1) is 11.0. The zero-order valence-corrected chi connectivity index (χ0v) is 13.0. The van der Waals surface area contributed by atoms with Crippen LogP contribution in [0.15, 0.2) is 35.0 Å². The Hall–Kier alpha value is -2.72. The van der Waals surface area contributed by atoms with Gasteiger partial charge in [0.2, 0.25) is 0 Å². The minimum atomic E-state index is -1.14. The summed E-state index contributed by atoms with van der Waals surface area (Å²) in [6.45, 7) is 1.45. The van der Waals surface area contributed by atoms with E-state index < -0.39 is 23.3 Å². The third-order valence-electron chi connectivity index (χ3n) is 3.88. The molecule has 0 aliphatic carbocycles. The number of carbonyl (C=O) groups excluding carboxylic acids is 2. The molecule has 116 valence electrons. The molecule has 1 unspecified atom stereocenters. The Bertz CT molecular complexity index is 828. The maximum absolute atomic E-state index is 14.0. The fourth-order valence-electron chi connectivity index (χ4n) is 2.50. The molecule has 2 aromatic rings. The van der Waals surface area contributed by atoms with Gasteiger partial charge in [0.15, 0.2) is 0 Å². The summed E-state index contributed by atoms with van der Waals surface area (Å²) in [5.41, 5.74) is -0.0718. The van der Waals surface area contributed by atoms with Crippen molar-refractivity contribution in [2.45, 2.75) is 19.0 Å². The Kier molecular flexibility index (Phi) is 3.62. The largest absolute Gasteiger partial charge is 0.325 e. The van der Waals surface area contributed by atoms with E-state index in [2.05, 4.69) is 5.32 Å². The van der Waals surface area contributed by atoms with Gasteiger partial charge in [-0.25, -0.2) is 9.18 Å². The summed E-state index contributed by atoms with van der Waals surface area (Å²) in [7, 11) is 0. The molecule has 1 aliphatic heterocycles. The van der Waals surface area contributed by atoms with Crippen LogP contribution in [0.3, 0.4) is 0 Å². The first kappa shape index (κ1) is 15.2. The van der Waals surface area contributed by atoms with E-state index >= 15 is 0 Å². The van der Waals surface area contributed by atoms with Crippen LogP contribution < -0.4 is 5.32 Å². The highest BCUT2D eigenvalue weighted by atomic mass is 32.1. The van der Waals surface area contributed by atoms with Crippen molar-refractivity contribution < 1.29 is 14.0 Å². The first-order valence-corrected chi connectivity index (χ1v) is 7.75. The summed E-state index contributed by atoms with van der Waals surface area (Å²) >= 11 is 1.43. The molecule has 3 amide bonds. The quantitative estimate of drug-likeness (QED) is 0.880. The van der Waals surface area contributed by atoms with E-state index in [1.165, 1.54) is 23.5 Å². The molecule has 2 heterocycles. The Morgan fingerprint density at radius 2 is 2.17 bits per heavy atom. The lowest BCUT2D eigenvalue weighted by Gasteiger charge is -2.20. The summed E-state index contributed by atoms with van der Waals surface area (Å²) < 4.78 is 14.0. The molecule has 1 saturated heterocycles. The average Bonchev–Trinajstić information content (AvgIpc) is 3.13. The fourth-order valence-corrected chi connectivity index (χ4v) is 3.27. The summed E-state index contributed by atoms with van der Waals surface area (Å²) in [5.74, 6) is -1.04. The number of carbonyl (C=O) groups is 2. The topological polar surface area (TPSA) is 73.2 Å². The SMILES string of the molecule is CC1(c2ccsc2)NC(=O)N(Cc2ccc(C#N)cc2F)C1=O. The molecule has 0 spiro atoms. The molecule has 1 aliphatic rings. The molecule has 1 atom stereocenters. The Labute approximate surface area is 136 Å². The van der Waals surface area contributed by atoms with E-state index in [9.17, 15) is 14.0 Å². The number of urea groups is 1. The molecule has 7 heteroatoms. The van der Waals surface area contributed by atoms with Crippen molar-refractivity contribution in [2.75, 3.05) is 0 Å². The Morgan fingerprint density at radius 1 is 1.39 bits per heavy atom. The van der Waals surface area contributed by atoms with Gasteiger partial charge < -0.3 is 5.32 Å². The smallest absolute Gasteiger partial charge is 0.319 e. The van der Waals surface area contributed by atoms with Crippen molar-refractivity contribution in [3.05, 3.63) is 57.5 Å². The average molecular weight is 329 g/mol. The van der Waals surface area contributed by atoms with Crippen LogP contribution in [0.25, 0.3) is 0 Å². The van der Waals surface area contributed by atoms with Gasteiger partial charge in [-0.05, 0) is 41.4 Å². The Balaban J connectivity index is 1.89. The summed E-state index contributed by atoms with van der Waals surface area (Å²) in [6.07, 6.45) is 0. The number of hydrogen-bond acceptors (Lipinski definition) is 4. The van der Waals surface area contributed by atoms with E-state index in [0.29, 0.717) is 5.56 Å². The maximum Gasteiger partial charge on any atom is 0.325 e. The number of imide groups is 1. The van der Waals surface area contributed by atoms with Crippen LogP contribution in [-0.4, -0.2) is 16.8 Å². The number of thiophene rings is 1. The van der Waals surface area contributed by atoms with Crippen LogP contribution >= 0.6 is 11.3 Å². The third kappa shape index (κ3) is 2.47. The molecular formula is C16H12FN3O2S. The number of rotatable bonds is 3. The summed E-state index contributed by atoms with van der Waals surface area (Å²) in [6, 6.07) is 7.00. The second-order valence-corrected chi connectivity index (χ2v) is 6.16. The van der Waals surface area contributed by atoms with E-state index in [1.54, 1.807) is 18.4 Å². The van der Waals surface area contributed by atoms with Crippen LogP contribution in [0, 0.1) is 17.1 Å². The molecule has 5 nitrogen and oxygen atoms in total. The van der Waals surface area contributed by atoms with Gasteiger partial charge in [0.25, 0.3) is 5.91 Å². The van der Waals surface area contributed by atoms with Gasteiger partial charge in [0.1, 0.15) is 11.4 Å². The number of nitrogens with one attached hydrogen (secondary N) is 1. The number of amides is 3. The highest BCUT2D eigenvalue weighted by Crippen LogP contribution is 2.31. The predicted octanol–water partition coefficient (Wildman–Crippen LogP) is 2.73. The molecule has 0 bridgehead atoms. The van der Waals surface area contributed by atoms with Crippen molar-refractivity contribution in [3.8, 4) is 6.07 Å². The van der Waals surface area contributed by atoms with E-state index in [1.807, 2.05) is 11.4 Å². The van der Waals surface area contributed by atoms with Crippen LogP contribution in [-0.2, 0) is 16.9 Å². The molecule has 1 N–H and O–H groups in total. The maximum atomic E-state index is 14.0. The van der Waals surface area contributed by atoms with Crippen molar-refractivity contribution in [1.82, 2.24) is 10.2 Å². The number of halogens is 1. The van der Waals surface area contributed by atoms with Gasteiger partial charge >= 0.3 is 6.03 Å². The molecule has 3 rings (SSSR count). The van der Waals surface area contributed by atoms with Crippen molar-refractivity contribution in [3.63, 3.8) is 0 Å². The summed E-state index contributed by atoms with van der Waals surface area (Å²) in [4.78, 5) is 25.8. The monoisotopic (exact) mass is 329 g/mol. The molecule has 1 aromatic carbocycles. The zero-order valence-electron chi connectivity index (χ0n) is 12.2. The van der Waals surface area contributed by atoms with Crippen molar-refractivity contribution in [2.24, 2.45) is 0 Å². The zero-order chi connectivity index (χ0) is 16.6. The van der Waals surface area contributed by atoms with Gasteiger partial charge in [-0.3, -0.25) is 9.69 Å². The molecular weight excluding hydrogens is 317 g/mol. The number of nitriles is 1. The second-order valence-electron chi connectivity index (χ2n) is 5.38. The molecule has 1 aromatic heterocycles. The van der Waals surface area contributed by atoms with E-state index in [4.69, 9.17) is 5.26 Å². The lowest BCUT2D eigenvalue weighted by atomic mass is 9.95. The van der Waals surface area contributed by atoms with Crippen molar-refractivity contribution >= 4 is 23.3 Å². The molecule has 0 radical (unpaired) electrons. The number of nitrogens with zero attached hydrogens (tertiary/aromatic N) is 2. The van der Waals surface area contributed by atoms with Crippen LogP contribution in [0.5, 0.6) is 0 Å². The van der Waals surface area contributed by atoms with Crippen molar-refractivity contribution in [1.29, 1.82) is 5.26 Å². The van der Waals surface area contributed by atoms with E-state index in [-0.39, 0.29) is 17.7 Å². The molecule has 1 fully saturated rings. The first-order valence-electron chi connectivity index (χ1n) is 6.81. The van der Waals surface area contributed by atoms with Crippen LogP contribution in [0.2, 0.25) is 0 Å². The minimum absolute atomic E-state index is 0.179. The highest BCUT2D eigenvalue weighted by molar-refractivity contribution is 7.08. The number of benzene rings is 1. The minimum Gasteiger partial charge on any atom is -0.319 e. The standard InChI is InChI=1S/C16H12FN3O2S/c1-16(12-4-5-23-9-12)14(21)20(15(22)19-16)8-11-3-2-10(7-18)6-13(11)17/h2-6,9H,8H2,1H3,(H,19,22). The third-order valence-corrected chi connectivity index (χ3v) is 4.57. The lowest BCUT2D eigenvalue weighted by Crippen LogP contribution is -2.40. The molecule has 23 heavy (non-hydrogen) atoms. The van der Waals surface area contributed by atoms with Gasteiger partial charge in [0.05, 0.1) is 18.2 Å². The van der Waals surface area contributed by atoms with Gasteiger partial charge in [-0.1, -0.05) is 6.07 Å². The predicted molar refractivity (Wildman–Crippen MR) is 81.9 cm³/mol. The van der Waals surface area contributed by atoms with Crippen LogP contribution in [0.1, 0.15) is 23.6 Å². The van der Waals surface area contributed by atoms with Gasteiger partial charge in [-0.2, -0.15) is 16.6 Å². The molecule has 0 saturated carbocycles. The van der Waals surface area contributed by atoms with E-state index in [0.717, 1.165) is 11.0 Å². The normalized spacial score (nSPS) is 20.5. The van der Waals surface area contributed by atoms with Crippen LogP contribution in [0.4, 0.5) is 9.18 Å². The second kappa shape index (κ2) is 5.48. The summed E-state index contributed by atoms with van der Waals surface area (Å²) in [5, 5.41) is 15.0.